The van der Waals surface area contributed by atoms with Crippen molar-refractivity contribution in [3.63, 3.8) is 0 Å². The molecule has 4 rings (SSSR count). The molecule has 7 heteroatoms. The number of aromatic nitrogens is 1. The van der Waals surface area contributed by atoms with E-state index in [9.17, 15) is 9.59 Å². The number of nitrogens with zero attached hydrogens (tertiary/aromatic N) is 4. The minimum absolute atomic E-state index is 0.0581. The topological polar surface area (TPSA) is 56.8 Å². The number of hydrogen-bond donors (Lipinski definition) is 0. The van der Waals surface area contributed by atoms with E-state index in [4.69, 9.17) is 0 Å². The summed E-state index contributed by atoms with van der Waals surface area (Å²) >= 11 is 1.47. The molecule has 0 bridgehead atoms. The summed E-state index contributed by atoms with van der Waals surface area (Å²) in [6, 6.07) is 9.97. The second kappa shape index (κ2) is 8.41. The monoisotopic (exact) mass is 398 g/mol. The van der Waals surface area contributed by atoms with Crippen LogP contribution in [0.5, 0.6) is 0 Å². The molecule has 0 atom stereocenters. The Morgan fingerprint density at radius 2 is 1.64 bits per heavy atom. The number of hydrogen-bond acceptors (Lipinski definition) is 5. The van der Waals surface area contributed by atoms with E-state index >= 15 is 0 Å². The fraction of sp³-hybridized carbons (Fsp3) is 0.476. The highest BCUT2D eigenvalue weighted by atomic mass is 32.1. The van der Waals surface area contributed by atoms with E-state index in [1.807, 2.05) is 47.1 Å². The second-order valence-corrected chi connectivity index (χ2v) is 8.45. The minimum Gasteiger partial charge on any atom is -0.342 e. The summed E-state index contributed by atoms with van der Waals surface area (Å²) in [5.41, 5.74) is 1.83. The maximum Gasteiger partial charge on any atom is 0.265 e. The normalized spacial score (nSPS) is 17.9. The van der Waals surface area contributed by atoms with Crippen LogP contribution in [0.1, 0.15) is 28.2 Å². The number of aryl methyl sites for hydroxylation is 1. The largest absolute Gasteiger partial charge is 0.342 e. The Bertz CT molecular complexity index is 837. The first-order valence-electron chi connectivity index (χ1n) is 9.94. The molecule has 6 nitrogen and oxygen atoms in total. The number of benzene rings is 1. The first-order chi connectivity index (χ1) is 13.6. The van der Waals surface area contributed by atoms with Gasteiger partial charge in [-0.25, -0.2) is 4.98 Å². The summed E-state index contributed by atoms with van der Waals surface area (Å²) < 4.78 is 0. The van der Waals surface area contributed by atoms with Gasteiger partial charge in [0.1, 0.15) is 9.88 Å². The van der Waals surface area contributed by atoms with Gasteiger partial charge in [-0.05, 0) is 19.8 Å². The average molecular weight is 399 g/mol. The van der Waals surface area contributed by atoms with Crippen LogP contribution in [0.2, 0.25) is 0 Å². The van der Waals surface area contributed by atoms with Crippen LogP contribution in [0.15, 0.2) is 30.3 Å². The van der Waals surface area contributed by atoms with Crippen molar-refractivity contribution in [2.45, 2.75) is 19.8 Å². The Labute approximate surface area is 169 Å². The highest BCUT2D eigenvalue weighted by Gasteiger charge is 2.27. The Balaban J connectivity index is 1.35. The van der Waals surface area contributed by atoms with Crippen LogP contribution in [-0.4, -0.2) is 77.3 Å². The van der Waals surface area contributed by atoms with Gasteiger partial charge in [-0.3, -0.25) is 14.5 Å². The number of carbonyl (C=O) groups is 2. The molecule has 2 aliphatic heterocycles. The zero-order valence-electron chi connectivity index (χ0n) is 16.3. The lowest BCUT2D eigenvalue weighted by Gasteiger charge is -2.34. The highest BCUT2D eigenvalue weighted by Crippen LogP contribution is 2.28. The van der Waals surface area contributed by atoms with Gasteiger partial charge in [0.2, 0.25) is 5.91 Å². The number of rotatable bonds is 4. The summed E-state index contributed by atoms with van der Waals surface area (Å²) in [7, 11) is 0. The van der Waals surface area contributed by atoms with Gasteiger partial charge in [0, 0.05) is 44.8 Å². The molecule has 0 spiro atoms. The van der Waals surface area contributed by atoms with E-state index in [1.165, 1.54) is 11.3 Å². The molecule has 0 radical (unpaired) electrons. The van der Waals surface area contributed by atoms with Gasteiger partial charge in [-0.15, -0.1) is 11.3 Å². The van der Waals surface area contributed by atoms with Gasteiger partial charge in [-0.2, -0.15) is 0 Å². The molecule has 2 aromatic rings. The average Bonchev–Trinajstić information content (AvgIpc) is 3.39. The van der Waals surface area contributed by atoms with Crippen LogP contribution in [0, 0.1) is 6.92 Å². The fourth-order valence-electron chi connectivity index (χ4n) is 3.81. The maximum absolute atomic E-state index is 13.0. The number of amides is 2. The van der Waals surface area contributed by atoms with Crippen LogP contribution >= 0.6 is 11.3 Å². The van der Waals surface area contributed by atoms with E-state index in [1.54, 1.807) is 0 Å². The van der Waals surface area contributed by atoms with Crippen LogP contribution in [0.25, 0.3) is 10.6 Å². The molecule has 3 heterocycles. The van der Waals surface area contributed by atoms with Crippen molar-refractivity contribution >= 4 is 23.2 Å². The molecule has 0 saturated carbocycles. The van der Waals surface area contributed by atoms with Crippen molar-refractivity contribution in [1.82, 2.24) is 19.7 Å². The predicted molar refractivity (Wildman–Crippen MR) is 110 cm³/mol. The number of thiazole rings is 1. The summed E-state index contributed by atoms with van der Waals surface area (Å²) in [6.07, 6.45) is 2.24. The third-order valence-electron chi connectivity index (χ3n) is 5.49. The molecule has 2 aliphatic rings. The Morgan fingerprint density at radius 3 is 2.32 bits per heavy atom. The van der Waals surface area contributed by atoms with Crippen molar-refractivity contribution in [2.75, 3.05) is 45.8 Å². The standard InChI is InChI=1S/C21H26N4O2S/c1-16-19(28-20(22-16)17-7-3-2-4-8-17)21(27)25-13-11-23(12-14-25)15-18(26)24-9-5-6-10-24/h2-4,7-8H,5-6,9-15H2,1H3. The zero-order valence-corrected chi connectivity index (χ0v) is 17.1. The predicted octanol–water partition coefficient (Wildman–Crippen LogP) is 2.50. The van der Waals surface area contributed by atoms with Crippen LogP contribution in [0.3, 0.4) is 0 Å². The maximum atomic E-state index is 13.0. The lowest BCUT2D eigenvalue weighted by molar-refractivity contribution is -0.131. The van der Waals surface area contributed by atoms with Gasteiger partial charge in [0.15, 0.2) is 0 Å². The summed E-state index contributed by atoms with van der Waals surface area (Å²) in [4.78, 5) is 36.7. The van der Waals surface area contributed by atoms with Gasteiger partial charge in [0.25, 0.3) is 5.91 Å². The third-order valence-corrected chi connectivity index (χ3v) is 6.68. The van der Waals surface area contributed by atoms with Crippen LogP contribution in [0.4, 0.5) is 0 Å². The SMILES string of the molecule is Cc1nc(-c2ccccc2)sc1C(=O)N1CCN(CC(=O)N2CCCC2)CC1. The van der Waals surface area contributed by atoms with E-state index in [0.29, 0.717) is 19.6 Å². The third kappa shape index (κ3) is 4.10. The smallest absolute Gasteiger partial charge is 0.265 e. The second-order valence-electron chi connectivity index (χ2n) is 7.46. The zero-order chi connectivity index (χ0) is 19.5. The van der Waals surface area contributed by atoms with Crippen molar-refractivity contribution < 1.29 is 9.59 Å². The Kier molecular flexibility index (Phi) is 5.73. The van der Waals surface area contributed by atoms with Gasteiger partial charge in [-0.1, -0.05) is 30.3 Å². The number of piperazine rings is 1. The molecular weight excluding hydrogens is 372 g/mol. The fourth-order valence-corrected chi connectivity index (χ4v) is 4.85. The summed E-state index contributed by atoms with van der Waals surface area (Å²) in [5.74, 6) is 0.283. The summed E-state index contributed by atoms with van der Waals surface area (Å²) in [5, 5.41) is 0.885. The molecular formula is C21H26N4O2S. The Hall–Kier alpha value is -2.25. The molecule has 2 amide bonds. The molecule has 148 valence electrons. The molecule has 28 heavy (non-hydrogen) atoms. The molecule has 1 aromatic heterocycles. The van der Waals surface area contributed by atoms with E-state index in [-0.39, 0.29) is 11.8 Å². The highest BCUT2D eigenvalue weighted by molar-refractivity contribution is 7.17. The lowest BCUT2D eigenvalue weighted by atomic mass is 10.2. The van der Waals surface area contributed by atoms with E-state index < -0.39 is 0 Å². The number of carbonyl (C=O) groups excluding carboxylic acids is 2. The lowest BCUT2D eigenvalue weighted by Crippen LogP contribution is -2.51. The van der Waals surface area contributed by atoms with Crippen molar-refractivity contribution in [2.24, 2.45) is 0 Å². The van der Waals surface area contributed by atoms with Gasteiger partial charge >= 0.3 is 0 Å². The molecule has 1 aromatic carbocycles. The molecule has 2 fully saturated rings. The van der Waals surface area contributed by atoms with Crippen LogP contribution < -0.4 is 0 Å². The molecule has 0 N–H and O–H groups in total. The first-order valence-corrected chi connectivity index (χ1v) is 10.8. The molecule has 0 aliphatic carbocycles. The van der Waals surface area contributed by atoms with Gasteiger partial charge < -0.3 is 9.80 Å². The van der Waals surface area contributed by atoms with Crippen molar-refractivity contribution in [3.8, 4) is 10.6 Å². The summed E-state index contributed by atoms with van der Waals surface area (Å²) in [6.45, 7) is 6.97. The molecule has 2 saturated heterocycles. The Morgan fingerprint density at radius 1 is 0.964 bits per heavy atom. The van der Waals surface area contributed by atoms with Crippen molar-refractivity contribution in [1.29, 1.82) is 0 Å². The molecule has 0 unspecified atom stereocenters. The van der Waals surface area contributed by atoms with E-state index in [0.717, 1.165) is 60.2 Å². The van der Waals surface area contributed by atoms with Gasteiger partial charge in [0.05, 0.1) is 12.2 Å². The van der Waals surface area contributed by atoms with E-state index in [2.05, 4.69) is 9.88 Å². The van der Waals surface area contributed by atoms with Crippen LogP contribution in [-0.2, 0) is 4.79 Å². The minimum atomic E-state index is 0.0581. The number of likely N-dealkylation sites (tertiary alicyclic amines) is 1. The van der Waals surface area contributed by atoms with Crippen molar-refractivity contribution in [3.05, 3.63) is 40.9 Å². The first kappa shape index (κ1) is 19.1. The quantitative estimate of drug-likeness (QED) is 0.794.